The summed E-state index contributed by atoms with van der Waals surface area (Å²) in [5.41, 5.74) is 16.0. The molecule has 4 rings (SSSR count). The van der Waals surface area contributed by atoms with Gasteiger partial charge in [0.2, 0.25) is 0 Å². The topological polar surface area (TPSA) is 0 Å². The van der Waals surface area contributed by atoms with Crippen LogP contribution in [0.1, 0.15) is 124 Å². The molecule has 0 N–H and O–H groups in total. The van der Waals surface area contributed by atoms with Crippen LogP contribution in [0, 0.1) is 34.5 Å². The van der Waals surface area contributed by atoms with Gasteiger partial charge in [-0.2, -0.15) is 0 Å². The highest BCUT2D eigenvalue weighted by Crippen LogP contribution is 2.75. The molecule has 0 aromatic heterocycles. The number of rotatable bonds is 7. The van der Waals surface area contributed by atoms with Gasteiger partial charge in [0, 0.05) is 10.8 Å². The molecule has 1 aromatic carbocycles. The first kappa shape index (κ1) is 32.3. The van der Waals surface area contributed by atoms with Crippen LogP contribution in [0.3, 0.4) is 0 Å². The van der Waals surface area contributed by atoms with Crippen LogP contribution in [0.25, 0.3) is 5.57 Å². The zero-order valence-corrected chi connectivity index (χ0v) is 29.0. The second kappa shape index (κ2) is 10.5. The number of allylic oxidation sites excluding steroid dienone is 9. The minimum absolute atomic E-state index is 0.0311. The average molecular weight is 563 g/mol. The summed E-state index contributed by atoms with van der Waals surface area (Å²) in [5.74, 6) is 0.730. The SMILES string of the molecule is C=C(CCC(=C)CC(C)(C)C)C[C@@H]1[C@]2(C)C(=C(C)[C@@]3(C)C(=C)C(C(=C)C)=C(C)C[C@@]13C)C(=C)c1c(C)cccc1[C@H]2C. The molecule has 0 bridgehead atoms. The monoisotopic (exact) mass is 562 g/mol. The third-order valence-electron chi connectivity index (χ3n) is 12.1. The molecule has 5 atom stereocenters. The molecule has 0 heteroatoms. The van der Waals surface area contributed by atoms with E-state index >= 15 is 0 Å². The van der Waals surface area contributed by atoms with E-state index in [1.54, 1.807) is 0 Å². The van der Waals surface area contributed by atoms with E-state index in [-0.39, 0.29) is 21.7 Å². The van der Waals surface area contributed by atoms with Crippen LogP contribution in [0.4, 0.5) is 0 Å². The molecule has 42 heavy (non-hydrogen) atoms. The minimum atomic E-state index is -0.209. The number of aryl methyl sites for hydroxylation is 1. The van der Waals surface area contributed by atoms with E-state index in [0.29, 0.717) is 11.8 Å². The van der Waals surface area contributed by atoms with Gasteiger partial charge >= 0.3 is 0 Å². The summed E-state index contributed by atoms with van der Waals surface area (Å²) in [6.07, 6.45) is 5.13. The molecule has 0 unspecified atom stereocenters. The molecule has 0 amide bonds. The molecular formula is C42H58. The van der Waals surface area contributed by atoms with Crippen molar-refractivity contribution in [2.24, 2.45) is 27.6 Å². The molecule has 1 aromatic rings. The van der Waals surface area contributed by atoms with Crippen molar-refractivity contribution in [3.05, 3.63) is 112 Å². The summed E-state index contributed by atoms with van der Waals surface area (Å²) in [6.45, 7) is 49.5. The zero-order valence-electron chi connectivity index (χ0n) is 29.0. The normalized spacial score (nSPS) is 31.0. The van der Waals surface area contributed by atoms with Crippen LogP contribution in [0.5, 0.6) is 0 Å². The van der Waals surface area contributed by atoms with Crippen molar-refractivity contribution in [1.29, 1.82) is 0 Å². The van der Waals surface area contributed by atoms with Gasteiger partial charge in [-0.25, -0.2) is 0 Å². The smallest absolute Gasteiger partial charge is 0.0197 e. The number of benzene rings is 1. The van der Waals surface area contributed by atoms with Gasteiger partial charge in [-0.15, -0.1) is 0 Å². The third kappa shape index (κ3) is 4.63. The maximum atomic E-state index is 4.88. The molecule has 0 saturated carbocycles. The van der Waals surface area contributed by atoms with E-state index in [9.17, 15) is 0 Å². The fourth-order valence-electron chi connectivity index (χ4n) is 9.91. The fourth-order valence-corrected chi connectivity index (χ4v) is 9.91. The lowest BCUT2D eigenvalue weighted by Gasteiger charge is -2.67. The van der Waals surface area contributed by atoms with Crippen molar-refractivity contribution in [1.82, 2.24) is 0 Å². The lowest BCUT2D eigenvalue weighted by Crippen LogP contribution is -2.59. The highest BCUT2D eigenvalue weighted by Gasteiger charge is 2.66. The van der Waals surface area contributed by atoms with Gasteiger partial charge in [-0.05, 0) is 121 Å². The molecule has 0 heterocycles. The Kier molecular flexibility index (Phi) is 8.11. The van der Waals surface area contributed by atoms with Gasteiger partial charge in [0.25, 0.3) is 0 Å². The van der Waals surface area contributed by atoms with E-state index in [4.69, 9.17) is 19.7 Å². The summed E-state index contributed by atoms with van der Waals surface area (Å²) < 4.78 is 0. The Morgan fingerprint density at radius 3 is 2.12 bits per heavy atom. The van der Waals surface area contributed by atoms with E-state index in [1.807, 2.05) is 0 Å². The Labute approximate surface area is 259 Å². The Morgan fingerprint density at radius 2 is 1.55 bits per heavy atom. The second-order valence-electron chi connectivity index (χ2n) is 16.1. The molecule has 0 saturated heterocycles. The number of fused-ring (bicyclic) bond motifs is 3. The lowest BCUT2D eigenvalue weighted by molar-refractivity contribution is -0.0371. The van der Waals surface area contributed by atoms with Crippen molar-refractivity contribution >= 4 is 5.57 Å². The van der Waals surface area contributed by atoms with Gasteiger partial charge < -0.3 is 0 Å². The first-order chi connectivity index (χ1) is 19.2. The Balaban J connectivity index is 1.93. The summed E-state index contributed by atoms with van der Waals surface area (Å²) in [5, 5.41) is 0. The molecule has 3 aliphatic rings. The van der Waals surface area contributed by atoms with Gasteiger partial charge in [0.1, 0.15) is 0 Å². The first-order valence-corrected chi connectivity index (χ1v) is 16.1. The predicted octanol–water partition coefficient (Wildman–Crippen LogP) is 12.7. The van der Waals surface area contributed by atoms with Crippen LogP contribution in [-0.4, -0.2) is 0 Å². The fraction of sp³-hybridized carbons (Fsp3) is 0.524. The van der Waals surface area contributed by atoms with Crippen molar-refractivity contribution in [2.45, 2.75) is 114 Å². The highest BCUT2D eigenvalue weighted by molar-refractivity contribution is 5.87. The Hall–Kier alpha value is -2.60. The predicted molar refractivity (Wildman–Crippen MR) is 187 cm³/mol. The molecule has 0 spiro atoms. The molecule has 3 aliphatic carbocycles. The van der Waals surface area contributed by atoms with Crippen LogP contribution >= 0.6 is 0 Å². The molecule has 0 radical (unpaired) electrons. The number of hydrogen-bond donors (Lipinski definition) is 0. The largest absolute Gasteiger partial charge is 0.0998 e. The van der Waals surface area contributed by atoms with Gasteiger partial charge in [-0.1, -0.05) is 127 Å². The average Bonchev–Trinajstić information content (AvgIpc) is 2.85. The Morgan fingerprint density at radius 1 is 0.952 bits per heavy atom. The van der Waals surface area contributed by atoms with E-state index < -0.39 is 0 Å². The summed E-state index contributed by atoms with van der Waals surface area (Å²) in [4.78, 5) is 0. The van der Waals surface area contributed by atoms with E-state index in [1.165, 1.54) is 61.3 Å². The van der Waals surface area contributed by atoms with E-state index in [0.717, 1.165) is 37.7 Å². The van der Waals surface area contributed by atoms with Crippen LogP contribution in [0.15, 0.2) is 95.7 Å². The Bertz CT molecular complexity index is 1460. The van der Waals surface area contributed by atoms with Crippen LogP contribution in [-0.2, 0) is 0 Å². The highest BCUT2D eigenvalue weighted by atomic mass is 14.7. The van der Waals surface area contributed by atoms with Crippen molar-refractivity contribution < 1.29 is 0 Å². The summed E-state index contributed by atoms with van der Waals surface area (Å²) >= 11 is 0. The first-order valence-electron chi connectivity index (χ1n) is 16.1. The van der Waals surface area contributed by atoms with Crippen molar-refractivity contribution in [2.75, 3.05) is 0 Å². The molecule has 0 aliphatic heterocycles. The van der Waals surface area contributed by atoms with Gasteiger partial charge in [0.05, 0.1) is 0 Å². The molecular weight excluding hydrogens is 504 g/mol. The van der Waals surface area contributed by atoms with Crippen molar-refractivity contribution in [3.8, 4) is 0 Å². The summed E-state index contributed by atoms with van der Waals surface area (Å²) in [7, 11) is 0. The van der Waals surface area contributed by atoms with Crippen LogP contribution < -0.4 is 0 Å². The molecule has 226 valence electrons. The number of hydrogen-bond acceptors (Lipinski definition) is 0. The van der Waals surface area contributed by atoms with Gasteiger partial charge in [-0.3, -0.25) is 0 Å². The van der Waals surface area contributed by atoms with Crippen molar-refractivity contribution in [3.63, 3.8) is 0 Å². The lowest BCUT2D eigenvalue weighted by atomic mass is 9.36. The quantitative estimate of drug-likeness (QED) is 0.290. The van der Waals surface area contributed by atoms with Gasteiger partial charge in [0.15, 0.2) is 0 Å². The maximum absolute atomic E-state index is 4.88. The van der Waals surface area contributed by atoms with Crippen LogP contribution in [0.2, 0.25) is 0 Å². The maximum Gasteiger partial charge on any atom is 0.0197 e. The summed E-state index contributed by atoms with van der Waals surface area (Å²) in [6, 6.07) is 6.84. The molecule has 0 fully saturated rings. The zero-order chi connectivity index (χ0) is 31.7. The standard InChI is InChI=1S/C42H58/c1-25(2)36-29(6)24-40(14)35(22-26(3)20-21-27(4)23-39(11,12)13)41(15)31(8)34-19-17-18-28(5)37(34)30(7)38(41)33(10)42(40,16)32(36)9/h17-19,31,35H,1,3-4,7,9,20-24H2,2,5-6,8,10-16H3/t31-,35+,40+,41-,42-/m1/s1. The second-order valence-corrected chi connectivity index (χ2v) is 16.1. The minimum Gasteiger partial charge on any atom is -0.0998 e. The molecule has 0 nitrogen and oxygen atoms in total. The third-order valence-corrected chi connectivity index (χ3v) is 12.1. The van der Waals surface area contributed by atoms with E-state index in [2.05, 4.69) is 108 Å².